The Kier molecular flexibility index (Phi) is 6.41. The lowest BCUT2D eigenvalue weighted by atomic mass is 10.1. The van der Waals surface area contributed by atoms with Crippen molar-refractivity contribution in [2.75, 3.05) is 22.9 Å². The van der Waals surface area contributed by atoms with Crippen molar-refractivity contribution in [3.05, 3.63) is 97.1 Å². The maximum atomic E-state index is 13.3. The van der Waals surface area contributed by atoms with E-state index in [0.29, 0.717) is 0 Å². The van der Waals surface area contributed by atoms with Crippen LogP contribution >= 0.6 is 22.7 Å². The number of para-hydroxylation sites is 2. The molecular weight excluding hydrogens is 509 g/mol. The van der Waals surface area contributed by atoms with Gasteiger partial charge in [-0.25, -0.2) is 0 Å². The molecule has 1 aliphatic rings. The zero-order valence-electron chi connectivity index (χ0n) is 22.1. The van der Waals surface area contributed by atoms with Crippen molar-refractivity contribution in [1.29, 1.82) is 0 Å². The summed E-state index contributed by atoms with van der Waals surface area (Å²) in [5.74, 6) is 1.11. The number of thiazole rings is 2. The first kappa shape index (κ1) is 24.6. The lowest BCUT2D eigenvalue weighted by molar-refractivity contribution is -0.665. The van der Waals surface area contributed by atoms with Gasteiger partial charge in [-0.15, -0.1) is 11.3 Å². The quantitative estimate of drug-likeness (QED) is 0.297. The zero-order chi connectivity index (χ0) is 26.4. The number of benzene rings is 3. The van der Waals surface area contributed by atoms with Crippen LogP contribution in [0.3, 0.4) is 0 Å². The molecular formula is C31H31N4OS2+. The van der Waals surface area contributed by atoms with Crippen molar-refractivity contribution in [1.82, 2.24) is 4.57 Å². The Hall–Kier alpha value is -3.68. The van der Waals surface area contributed by atoms with Crippen LogP contribution in [0, 0.1) is 0 Å². The first-order valence-electron chi connectivity index (χ1n) is 13.1. The molecule has 0 unspecified atom stereocenters. The van der Waals surface area contributed by atoms with Crippen molar-refractivity contribution in [2.24, 2.45) is 7.05 Å². The summed E-state index contributed by atoms with van der Waals surface area (Å²) >= 11 is 3.34. The maximum Gasteiger partial charge on any atom is 0.268 e. The van der Waals surface area contributed by atoms with Gasteiger partial charge in [-0.2, -0.15) is 4.57 Å². The molecule has 192 valence electrons. The van der Waals surface area contributed by atoms with Gasteiger partial charge in [0.1, 0.15) is 21.7 Å². The van der Waals surface area contributed by atoms with E-state index in [1.807, 2.05) is 13.1 Å². The highest BCUT2D eigenvalue weighted by molar-refractivity contribution is 7.20. The molecule has 3 heterocycles. The fourth-order valence-electron chi connectivity index (χ4n) is 5.40. The molecule has 0 radical (unpaired) electrons. The average molecular weight is 540 g/mol. The summed E-state index contributed by atoms with van der Waals surface area (Å²) in [7, 11) is 1.87. The molecule has 0 saturated carbocycles. The van der Waals surface area contributed by atoms with Gasteiger partial charge in [0.2, 0.25) is 5.52 Å². The van der Waals surface area contributed by atoms with Crippen LogP contribution in [0.2, 0.25) is 0 Å². The summed E-state index contributed by atoms with van der Waals surface area (Å²) in [6.07, 6.45) is 6.26. The van der Waals surface area contributed by atoms with Gasteiger partial charge in [0.15, 0.2) is 0 Å². The van der Waals surface area contributed by atoms with E-state index in [4.69, 9.17) is 0 Å². The predicted molar refractivity (Wildman–Crippen MR) is 163 cm³/mol. The highest BCUT2D eigenvalue weighted by Crippen LogP contribution is 2.40. The third kappa shape index (κ3) is 3.89. The van der Waals surface area contributed by atoms with E-state index in [1.165, 1.54) is 32.4 Å². The number of nitrogens with zero attached hydrogens (tertiary/aromatic N) is 4. The number of anilines is 2. The number of hydrogen-bond donors (Lipinski definition) is 0. The van der Waals surface area contributed by atoms with E-state index in [2.05, 4.69) is 108 Å². The van der Waals surface area contributed by atoms with E-state index in [9.17, 15) is 4.79 Å². The van der Waals surface area contributed by atoms with E-state index in [0.717, 1.165) is 39.7 Å². The Morgan fingerprint density at radius 1 is 0.842 bits per heavy atom. The molecule has 2 aromatic heterocycles. The van der Waals surface area contributed by atoms with Gasteiger partial charge in [0.05, 0.1) is 22.0 Å². The molecule has 38 heavy (non-hydrogen) atoms. The van der Waals surface area contributed by atoms with Crippen LogP contribution in [0.15, 0.2) is 77.4 Å². The molecule has 1 aliphatic heterocycles. The van der Waals surface area contributed by atoms with Gasteiger partial charge in [-0.1, -0.05) is 47.7 Å². The summed E-state index contributed by atoms with van der Waals surface area (Å²) < 4.78 is 7.09. The van der Waals surface area contributed by atoms with Crippen LogP contribution in [-0.4, -0.2) is 17.7 Å². The van der Waals surface area contributed by atoms with Gasteiger partial charge in [0, 0.05) is 31.6 Å². The minimum atomic E-state index is 0.0364. The fraction of sp³-hybridized carbons (Fsp3) is 0.226. The normalized spacial score (nSPS) is 14.4. The molecule has 5 aromatic rings. The number of hydrogen-bond acceptors (Lipinski definition) is 5. The Morgan fingerprint density at radius 3 is 2.21 bits per heavy atom. The molecule has 0 aliphatic carbocycles. The third-order valence-electron chi connectivity index (χ3n) is 7.28. The number of allylic oxidation sites excluding steroid dienone is 1. The first-order valence-corrected chi connectivity index (χ1v) is 14.8. The maximum absolute atomic E-state index is 13.3. The second-order valence-corrected chi connectivity index (χ2v) is 11.4. The second-order valence-electron chi connectivity index (χ2n) is 9.30. The van der Waals surface area contributed by atoms with Crippen molar-refractivity contribution in [2.45, 2.75) is 27.3 Å². The Bertz CT molecular complexity index is 1860. The zero-order valence-corrected chi connectivity index (χ0v) is 23.8. The van der Waals surface area contributed by atoms with Crippen LogP contribution in [-0.2, 0) is 13.6 Å². The lowest BCUT2D eigenvalue weighted by Crippen LogP contribution is -2.34. The SMILES string of the molecule is CCN1C(=CC=c2sc(=Cc3sc4c5ccccc5ccc4[n+]3CC)n(C)c2=O)N(CC)c2ccccc21. The molecule has 0 amide bonds. The molecule has 6 rings (SSSR count). The van der Waals surface area contributed by atoms with E-state index in [1.54, 1.807) is 27.2 Å². The standard InChI is InChI=1S/C31H31N4OS2/c1-5-33-23-14-10-11-15-24(23)34(6-2)27(33)19-18-26-31(36)32(4)28(37-26)20-29-35(7-3)25-17-16-21-12-8-9-13-22(21)30(25)38-29/h8-20H,5-7H2,1-4H3/q+1. The Morgan fingerprint density at radius 2 is 1.53 bits per heavy atom. The van der Waals surface area contributed by atoms with Crippen LogP contribution < -0.4 is 29.1 Å². The van der Waals surface area contributed by atoms with Gasteiger partial charge in [-0.3, -0.25) is 4.79 Å². The minimum absolute atomic E-state index is 0.0364. The van der Waals surface area contributed by atoms with Crippen LogP contribution in [0.5, 0.6) is 0 Å². The van der Waals surface area contributed by atoms with Crippen LogP contribution in [0.25, 0.3) is 33.1 Å². The molecule has 0 atom stereocenters. The summed E-state index contributed by atoms with van der Waals surface area (Å²) in [6, 6.07) is 21.4. The van der Waals surface area contributed by atoms with Gasteiger partial charge < -0.3 is 14.4 Å². The summed E-state index contributed by atoms with van der Waals surface area (Å²) in [5.41, 5.74) is 3.70. The number of aromatic nitrogens is 2. The Balaban J connectivity index is 1.47. The van der Waals surface area contributed by atoms with Crippen molar-refractivity contribution in [3.63, 3.8) is 0 Å². The molecule has 0 bridgehead atoms. The average Bonchev–Trinajstić information content (AvgIpc) is 3.56. The molecule has 0 fully saturated rings. The smallest absolute Gasteiger partial charge is 0.268 e. The largest absolute Gasteiger partial charge is 0.326 e. The monoisotopic (exact) mass is 539 g/mol. The molecule has 0 N–H and O–H groups in total. The number of fused-ring (bicyclic) bond motifs is 4. The molecule has 3 aromatic carbocycles. The van der Waals surface area contributed by atoms with Gasteiger partial charge >= 0.3 is 0 Å². The predicted octanol–water partition coefficient (Wildman–Crippen LogP) is 4.94. The molecule has 7 heteroatoms. The topological polar surface area (TPSA) is 32.4 Å². The second kappa shape index (κ2) is 9.89. The first-order chi connectivity index (χ1) is 18.5. The Labute approximate surface area is 230 Å². The third-order valence-corrected chi connectivity index (χ3v) is 9.59. The summed E-state index contributed by atoms with van der Waals surface area (Å²) in [6.45, 7) is 9.11. The lowest BCUT2D eigenvalue weighted by Gasteiger charge is -2.23. The molecule has 5 nitrogen and oxygen atoms in total. The van der Waals surface area contributed by atoms with Crippen molar-refractivity contribution < 1.29 is 4.57 Å². The number of aryl methyl sites for hydroxylation is 1. The molecule has 0 saturated heterocycles. The van der Waals surface area contributed by atoms with Crippen LogP contribution in [0.1, 0.15) is 25.8 Å². The summed E-state index contributed by atoms with van der Waals surface area (Å²) in [4.78, 5) is 17.9. The molecule has 0 spiro atoms. The number of rotatable bonds is 5. The van der Waals surface area contributed by atoms with E-state index < -0.39 is 0 Å². The van der Waals surface area contributed by atoms with Gasteiger partial charge in [-0.05, 0) is 56.5 Å². The highest BCUT2D eigenvalue weighted by atomic mass is 32.1. The van der Waals surface area contributed by atoms with Gasteiger partial charge in [0.25, 0.3) is 10.6 Å². The summed E-state index contributed by atoms with van der Waals surface area (Å²) in [5, 5.41) is 3.68. The van der Waals surface area contributed by atoms with E-state index >= 15 is 0 Å². The van der Waals surface area contributed by atoms with Crippen molar-refractivity contribution >= 4 is 67.2 Å². The minimum Gasteiger partial charge on any atom is -0.326 e. The van der Waals surface area contributed by atoms with E-state index in [-0.39, 0.29) is 5.56 Å². The van der Waals surface area contributed by atoms with Crippen LogP contribution in [0.4, 0.5) is 11.4 Å². The fourth-order valence-corrected chi connectivity index (χ4v) is 7.75. The van der Waals surface area contributed by atoms with Crippen molar-refractivity contribution in [3.8, 4) is 0 Å². The highest BCUT2D eigenvalue weighted by Gasteiger charge is 2.28.